The van der Waals surface area contributed by atoms with E-state index in [0.717, 1.165) is 5.56 Å². The van der Waals surface area contributed by atoms with Crippen molar-refractivity contribution in [3.63, 3.8) is 0 Å². The second kappa shape index (κ2) is 7.49. The van der Waals surface area contributed by atoms with Crippen molar-refractivity contribution in [1.29, 1.82) is 5.26 Å². The summed E-state index contributed by atoms with van der Waals surface area (Å²) in [4.78, 5) is 12.3. The lowest BCUT2D eigenvalue weighted by Gasteiger charge is -2.06. The molecular weight excluding hydrogens is 331 g/mol. The number of carbonyl (C=O) groups excluding carboxylic acids is 1. The van der Waals surface area contributed by atoms with Crippen molar-refractivity contribution in [3.05, 3.63) is 83.4 Å². The Morgan fingerprint density at radius 1 is 1.15 bits per heavy atom. The van der Waals surface area contributed by atoms with E-state index in [9.17, 15) is 14.4 Å². The van der Waals surface area contributed by atoms with E-state index in [1.807, 2.05) is 25.1 Å². The SMILES string of the molecule is Cc1ccccc1NC(=O)/C(C#N)=C\c1ccc(-c2cccc(F)c2)o1. The first-order chi connectivity index (χ1) is 12.6. The number of amides is 1. The number of hydrogen-bond donors (Lipinski definition) is 1. The Hall–Kier alpha value is -3.65. The van der Waals surface area contributed by atoms with Gasteiger partial charge in [0, 0.05) is 17.3 Å². The van der Waals surface area contributed by atoms with Gasteiger partial charge in [0.25, 0.3) is 5.91 Å². The first-order valence-electron chi connectivity index (χ1n) is 7.91. The Balaban J connectivity index is 1.82. The van der Waals surface area contributed by atoms with Crippen LogP contribution in [0, 0.1) is 24.1 Å². The van der Waals surface area contributed by atoms with Gasteiger partial charge in [0.05, 0.1) is 0 Å². The Morgan fingerprint density at radius 3 is 2.69 bits per heavy atom. The lowest BCUT2D eigenvalue weighted by Crippen LogP contribution is -2.14. The zero-order chi connectivity index (χ0) is 18.5. The molecule has 1 aromatic heterocycles. The van der Waals surface area contributed by atoms with Gasteiger partial charge in [0.2, 0.25) is 0 Å². The molecular formula is C21H15FN2O2. The quantitative estimate of drug-likeness (QED) is 0.537. The number of aryl methyl sites for hydroxylation is 1. The summed E-state index contributed by atoms with van der Waals surface area (Å²) < 4.78 is 18.9. The number of nitriles is 1. The van der Waals surface area contributed by atoms with Gasteiger partial charge in [-0.1, -0.05) is 30.3 Å². The predicted molar refractivity (Wildman–Crippen MR) is 97.5 cm³/mol. The number of nitrogens with one attached hydrogen (secondary N) is 1. The fourth-order valence-electron chi connectivity index (χ4n) is 2.42. The van der Waals surface area contributed by atoms with Crippen molar-refractivity contribution >= 4 is 17.7 Å². The molecule has 0 unspecified atom stereocenters. The molecule has 0 aliphatic carbocycles. The lowest BCUT2D eigenvalue weighted by atomic mass is 10.1. The molecule has 2 aromatic carbocycles. The molecule has 0 aliphatic heterocycles. The standard InChI is InChI=1S/C21H15FN2O2/c1-14-5-2-3-8-19(14)24-21(25)16(13-23)12-18-9-10-20(26-18)15-6-4-7-17(22)11-15/h2-12H,1H3,(H,24,25)/b16-12-. The molecule has 4 nitrogen and oxygen atoms in total. The Bertz CT molecular complexity index is 1030. The van der Waals surface area contributed by atoms with Gasteiger partial charge in [-0.3, -0.25) is 4.79 Å². The minimum absolute atomic E-state index is 0.0894. The fraction of sp³-hybridized carbons (Fsp3) is 0.0476. The fourth-order valence-corrected chi connectivity index (χ4v) is 2.42. The van der Waals surface area contributed by atoms with Crippen molar-refractivity contribution in [1.82, 2.24) is 0 Å². The number of nitrogens with zero attached hydrogens (tertiary/aromatic N) is 1. The van der Waals surface area contributed by atoms with Gasteiger partial charge in [0.1, 0.15) is 29.0 Å². The minimum atomic E-state index is -0.523. The Kier molecular flexibility index (Phi) is 4.95. The van der Waals surface area contributed by atoms with Gasteiger partial charge in [-0.05, 0) is 42.8 Å². The third kappa shape index (κ3) is 3.87. The summed E-state index contributed by atoms with van der Waals surface area (Å²) in [6, 6.07) is 18.4. The second-order valence-electron chi connectivity index (χ2n) is 5.65. The molecule has 0 bridgehead atoms. The highest BCUT2D eigenvalue weighted by molar-refractivity contribution is 6.09. The molecule has 0 aliphatic rings. The Morgan fingerprint density at radius 2 is 1.96 bits per heavy atom. The summed E-state index contributed by atoms with van der Waals surface area (Å²) in [6.07, 6.45) is 1.36. The summed E-state index contributed by atoms with van der Waals surface area (Å²) in [5, 5.41) is 12.0. The molecule has 3 rings (SSSR count). The number of anilines is 1. The topological polar surface area (TPSA) is 66.0 Å². The molecule has 0 fully saturated rings. The number of rotatable bonds is 4. The highest BCUT2D eigenvalue weighted by Gasteiger charge is 2.12. The van der Waals surface area contributed by atoms with Crippen molar-refractivity contribution in [2.75, 3.05) is 5.32 Å². The zero-order valence-corrected chi connectivity index (χ0v) is 14.0. The molecule has 1 amide bonds. The van der Waals surface area contributed by atoms with Gasteiger partial charge in [-0.15, -0.1) is 0 Å². The molecule has 0 atom stereocenters. The molecule has 1 heterocycles. The van der Waals surface area contributed by atoms with Gasteiger partial charge in [-0.25, -0.2) is 4.39 Å². The molecule has 5 heteroatoms. The average Bonchev–Trinajstić information content (AvgIpc) is 3.10. The van der Waals surface area contributed by atoms with Crippen LogP contribution in [-0.4, -0.2) is 5.91 Å². The van der Waals surface area contributed by atoms with E-state index in [1.54, 1.807) is 36.4 Å². The minimum Gasteiger partial charge on any atom is -0.457 e. The number of halogens is 1. The van der Waals surface area contributed by atoms with Gasteiger partial charge < -0.3 is 9.73 Å². The molecule has 3 aromatic rings. The maximum Gasteiger partial charge on any atom is 0.266 e. The predicted octanol–water partition coefficient (Wildman–Crippen LogP) is 4.94. The molecule has 0 saturated carbocycles. The van der Waals surface area contributed by atoms with Crippen LogP contribution in [0.4, 0.5) is 10.1 Å². The smallest absolute Gasteiger partial charge is 0.266 e. The van der Waals surface area contributed by atoms with Crippen LogP contribution >= 0.6 is 0 Å². The van der Waals surface area contributed by atoms with Crippen LogP contribution in [0.1, 0.15) is 11.3 Å². The zero-order valence-electron chi connectivity index (χ0n) is 14.0. The van der Waals surface area contributed by atoms with Crippen molar-refractivity contribution in [2.24, 2.45) is 0 Å². The van der Waals surface area contributed by atoms with E-state index in [-0.39, 0.29) is 11.4 Å². The number of para-hydroxylation sites is 1. The first kappa shape index (κ1) is 17.2. The number of benzene rings is 2. The summed E-state index contributed by atoms with van der Waals surface area (Å²) in [6.45, 7) is 1.86. The van der Waals surface area contributed by atoms with Crippen molar-refractivity contribution in [2.45, 2.75) is 6.92 Å². The molecule has 26 heavy (non-hydrogen) atoms. The van der Waals surface area contributed by atoms with Crippen LogP contribution in [0.5, 0.6) is 0 Å². The van der Waals surface area contributed by atoms with Crippen LogP contribution < -0.4 is 5.32 Å². The first-order valence-corrected chi connectivity index (χ1v) is 7.91. The van der Waals surface area contributed by atoms with Gasteiger partial charge in [0.15, 0.2) is 0 Å². The highest BCUT2D eigenvalue weighted by Crippen LogP contribution is 2.24. The summed E-state index contributed by atoms with van der Waals surface area (Å²) in [7, 11) is 0. The summed E-state index contributed by atoms with van der Waals surface area (Å²) in [5.74, 6) is -0.107. The van der Waals surface area contributed by atoms with Crippen molar-refractivity contribution < 1.29 is 13.6 Å². The summed E-state index contributed by atoms with van der Waals surface area (Å²) in [5.41, 5.74) is 2.02. The third-order valence-electron chi connectivity index (χ3n) is 3.78. The van der Waals surface area contributed by atoms with Crippen LogP contribution in [0.25, 0.3) is 17.4 Å². The van der Waals surface area contributed by atoms with Gasteiger partial charge >= 0.3 is 0 Å². The molecule has 0 radical (unpaired) electrons. The third-order valence-corrected chi connectivity index (χ3v) is 3.78. The lowest BCUT2D eigenvalue weighted by molar-refractivity contribution is -0.112. The number of carbonyl (C=O) groups is 1. The maximum atomic E-state index is 13.3. The highest BCUT2D eigenvalue weighted by atomic mass is 19.1. The Labute approximate surface area is 150 Å². The average molecular weight is 346 g/mol. The number of furan rings is 1. The molecule has 0 saturated heterocycles. The van der Waals surface area contributed by atoms with Crippen LogP contribution in [0.3, 0.4) is 0 Å². The summed E-state index contributed by atoms with van der Waals surface area (Å²) >= 11 is 0. The maximum absolute atomic E-state index is 13.3. The van der Waals surface area contributed by atoms with E-state index in [4.69, 9.17) is 4.42 Å². The van der Waals surface area contributed by atoms with Crippen LogP contribution in [-0.2, 0) is 4.79 Å². The van der Waals surface area contributed by atoms with Crippen molar-refractivity contribution in [3.8, 4) is 17.4 Å². The number of hydrogen-bond acceptors (Lipinski definition) is 3. The van der Waals surface area contributed by atoms with E-state index in [1.165, 1.54) is 18.2 Å². The van der Waals surface area contributed by atoms with Crippen LogP contribution in [0.15, 0.2) is 70.7 Å². The molecule has 128 valence electrons. The monoisotopic (exact) mass is 346 g/mol. The van der Waals surface area contributed by atoms with Crippen LogP contribution in [0.2, 0.25) is 0 Å². The van der Waals surface area contributed by atoms with E-state index < -0.39 is 5.91 Å². The largest absolute Gasteiger partial charge is 0.457 e. The van der Waals surface area contributed by atoms with Gasteiger partial charge in [-0.2, -0.15) is 5.26 Å². The normalized spacial score (nSPS) is 11.0. The molecule has 0 spiro atoms. The van der Waals surface area contributed by atoms with E-state index in [2.05, 4.69) is 5.32 Å². The molecule has 1 N–H and O–H groups in total. The van der Waals surface area contributed by atoms with E-state index >= 15 is 0 Å². The van der Waals surface area contributed by atoms with E-state index in [0.29, 0.717) is 22.8 Å². The second-order valence-corrected chi connectivity index (χ2v) is 5.65.